The van der Waals surface area contributed by atoms with Gasteiger partial charge in [-0.15, -0.1) is 11.3 Å². The van der Waals surface area contributed by atoms with Crippen LogP contribution in [0.15, 0.2) is 35.7 Å². The number of carbonyl (C=O) groups excluding carboxylic acids is 2. The third-order valence-corrected chi connectivity index (χ3v) is 4.37. The minimum absolute atomic E-state index is 0.147. The van der Waals surface area contributed by atoms with E-state index in [9.17, 15) is 14.0 Å². The second-order valence-electron chi connectivity index (χ2n) is 5.33. The molecule has 0 saturated carbocycles. The third-order valence-electron chi connectivity index (χ3n) is 3.38. The molecular formula is C17H19FN2O2S. The molecule has 0 aliphatic rings. The Morgan fingerprint density at radius 3 is 2.70 bits per heavy atom. The predicted molar refractivity (Wildman–Crippen MR) is 88.5 cm³/mol. The van der Waals surface area contributed by atoms with E-state index in [4.69, 9.17) is 0 Å². The summed E-state index contributed by atoms with van der Waals surface area (Å²) in [5.41, 5.74) is 1.28. The van der Waals surface area contributed by atoms with Gasteiger partial charge in [-0.3, -0.25) is 9.59 Å². The second kappa shape index (κ2) is 7.87. The summed E-state index contributed by atoms with van der Waals surface area (Å²) in [6.45, 7) is 3.37. The van der Waals surface area contributed by atoms with E-state index in [2.05, 4.69) is 10.6 Å². The molecule has 6 heteroatoms. The summed E-state index contributed by atoms with van der Waals surface area (Å²) in [5, 5.41) is 7.44. The van der Waals surface area contributed by atoms with Crippen LogP contribution >= 0.6 is 11.3 Å². The van der Waals surface area contributed by atoms with Crippen LogP contribution in [0.5, 0.6) is 0 Å². The number of thiophene rings is 1. The van der Waals surface area contributed by atoms with Crippen molar-refractivity contribution in [3.63, 3.8) is 0 Å². The van der Waals surface area contributed by atoms with Crippen LogP contribution in [0, 0.1) is 12.7 Å². The van der Waals surface area contributed by atoms with Crippen molar-refractivity contribution in [3.8, 4) is 0 Å². The van der Waals surface area contributed by atoms with Crippen LogP contribution in [0.4, 0.5) is 4.39 Å². The topological polar surface area (TPSA) is 58.2 Å². The molecule has 1 unspecified atom stereocenters. The van der Waals surface area contributed by atoms with Crippen molar-refractivity contribution >= 4 is 23.2 Å². The number of hydrogen-bond acceptors (Lipinski definition) is 3. The minimum atomic E-state index is -0.345. The lowest BCUT2D eigenvalue weighted by Gasteiger charge is -2.16. The van der Waals surface area contributed by atoms with E-state index in [1.54, 1.807) is 19.1 Å². The van der Waals surface area contributed by atoms with E-state index in [1.807, 2.05) is 17.5 Å². The van der Waals surface area contributed by atoms with Crippen LogP contribution in [-0.2, 0) is 16.1 Å². The lowest BCUT2D eigenvalue weighted by atomic mass is 10.1. The first-order valence-electron chi connectivity index (χ1n) is 7.28. The largest absolute Gasteiger partial charge is 0.352 e. The van der Waals surface area contributed by atoms with Crippen molar-refractivity contribution in [1.29, 1.82) is 0 Å². The highest BCUT2D eigenvalue weighted by molar-refractivity contribution is 7.10. The monoisotopic (exact) mass is 334 g/mol. The van der Waals surface area contributed by atoms with E-state index in [0.717, 1.165) is 4.88 Å². The highest BCUT2D eigenvalue weighted by Crippen LogP contribution is 2.22. The third kappa shape index (κ3) is 5.17. The number of rotatable bonds is 6. The molecule has 23 heavy (non-hydrogen) atoms. The predicted octanol–water partition coefficient (Wildman–Crippen LogP) is 3.08. The van der Waals surface area contributed by atoms with E-state index in [-0.39, 0.29) is 36.6 Å². The molecule has 0 aliphatic heterocycles. The van der Waals surface area contributed by atoms with Gasteiger partial charge >= 0.3 is 0 Å². The highest BCUT2D eigenvalue weighted by atomic mass is 32.1. The van der Waals surface area contributed by atoms with Gasteiger partial charge in [0.2, 0.25) is 11.8 Å². The fourth-order valence-electron chi connectivity index (χ4n) is 2.16. The molecule has 2 aromatic rings. The van der Waals surface area contributed by atoms with Gasteiger partial charge in [0.1, 0.15) is 5.82 Å². The maximum Gasteiger partial charge on any atom is 0.222 e. The van der Waals surface area contributed by atoms with Crippen molar-refractivity contribution in [2.24, 2.45) is 0 Å². The summed E-state index contributed by atoms with van der Waals surface area (Å²) >= 11 is 1.49. The summed E-state index contributed by atoms with van der Waals surface area (Å²) in [4.78, 5) is 24.3. The quantitative estimate of drug-likeness (QED) is 0.853. The van der Waals surface area contributed by atoms with Gasteiger partial charge in [0.25, 0.3) is 0 Å². The molecule has 0 spiro atoms. The summed E-state index contributed by atoms with van der Waals surface area (Å²) < 4.78 is 13.5. The maximum atomic E-state index is 13.5. The second-order valence-corrected chi connectivity index (χ2v) is 6.31. The summed E-state index contributed by atoms with van der Waals surface area (Å²) in [7, 11) is 0. The Kier molecular flexibility index (Phi) is 5.87. The van der Waals surface area contributed by atoms with Crippen molar-refractivity contribution in [2.75, 3.05) is 0 Å². The van der Waals surface area contributed by atoms with Gasteiger partial charge in [-0.05, 0) is 35.6 Å². The lowest BCUT2D eigenvalue weighted by Crippen LogP contribution is -2.32. The molecule has 1 aromatic heterocycles. The van der Waals surface area contributed by atoms with E-state index in [0.29, 0.717) is 11.1 Å². The number of benzene rings is 1. The number of hydrogen-bond donors (Lipinski definition) is 2. The Bertz CT molecular complexity index is 686. The van der Waals surface area contributed by atoms with E-state index >= 15 is 0 Å². The smallest absolute Gasteiger partial charge is 0.222 e. The van der Waals surface area contributed by atoms with Crippen LogP contribution in [0.3, 0.4) is 0 Å². The molecule has 1 aromatic carbocycles. The molecule has 2 amide bonds. The molecule has 4 nitrogen and oxygen atoms in total. The van der Waals surface area contributed by atoms with Gasteiger partial charge in [0.05, 0.1) is 12.5 Å². The Labute approximate surface area is 138 Å². The van der Waals surface area contributed by atoms with Gasteiger partial charge in [0.15, 0.2) is 0 Å². The lowest BCUT2D eigenvalue weighted by molar-refractivity contribution is -0.122. The van der Waals surface area contributed by atoms with E-state index < -0.39 is 0 Å². The molecule has 2 rings (SSSR count). The number of amides is 2. The molecule has 0 bridgehead atoms. The molecule has 0 radical (unpaired) electrons. The van der Waals surface area contributed by atoms with Gasteiger partial charge in [0, 0.05) is 18.3 Å². The van der Waals surface area contributed by atoms with Gasteiger partial charge < -0.3 is 10.6 Å². The number of halogens is 1. The van der Waals surface area contributed by atoms with Crippen LogP contribution in [0.25, 0.3) is 0 Å². The van der Waals surface area contributed by atoms with Gasteiger partial charge in [-0.1, -0.05) is 18.2 Å². The summed E-state index contributed by atoms with van der Waals surface area (Å²) in [6.07, 6.45) is 0.147. The molecule has 2 N–H and O–H groups in total. The Morgan fingerprint density at radius 1 is 1.30 bits per heavy atom. The molecule has 1 atom stereocenters. The molecule has 0 saturated heterocycles. The molecule has 122 valence electrons. The first-order valence-corrected chi connectivity index (χ1v) is 8.16. The van der Waals surface area contributed by atoms with Crippen molar-refractivity contribution in [3.05, 3.63) is 57.5 Å². The standard InChI is InChI=1S/C17H19FN2O2S/c1-11-5-6-13(8-14(11)18)10-19-17(22)9-15(20-12(2)21)16-4-3-7-23-16/h3-8,15H,9-10H2,1-2H3,(H,19,22)(H,20,21). The Hall–Kier alpha value is -2.21. The van der Waals surface area contributed by atoms with Crippen LogP contribution in [-0.4, -0.2) is 11.8 Å². The summed E-state index contributed by atoms with van der Waals surface area (Å²) in [5.74, 6) is -0.665. The average Bonchev–Trinajstić information content (AvgIpc) is 3.01. The molecular weight excluding hydrogens is 315 g/mol. The zero-order valence-corrected chi connectivity index (χ0v) is 13.9. The Balaban J connectivity index is 1.93. The van der Waals surface area contributed by atoms with Crippen LogP contribution in [0.2, 0.25) is 0 Å². The zero-order chi connectivity index (χ0) is 16.8. The first-order chi connectivity index (χ1) is 11.0. The normalized spacial score (nSPS) is 11.8. The van der Waals surface area contributed by atoms with Crippen molar-refractivity contribution in [2.45, 2.75) is 32.9 Å². The van der Waals surface area contributed by atoms with Crippen LogP contribution < -0.4 is 10.6 Å². The Morgan fingerprint density at radius 2 is 2.09 bits per heavy atom. The summed E-state index contributed by atoms with van der Waals surface area (Å²) in [6, 6.07) is 8.30. The average molecular weight is 334 g/mol. The van der Waals surface area contributed by atoms with Gasteiger partial charge in [-0.25, -0.2) is 4.39 Å². The minimum Gasteiger partial charge on any atom is -0.352 e. The first kappa shape index (κ1) is 17.1. The maximum absolute atomic E-state index is 13.5. The number of carbonyl (C=O) groups is 2. The number of nitrogens with one attached hydrogen (secondary N) is 2. The zero-order valence-electron chi connectivity index (χ0n) is 13.1. The fraction of sp³-hybridized carbons (Fsp3) is 0.294. The van der Waals surface area contributed by atoms with Crippen molar-refractivity contribution in [1.82, 2.24) is 10.6 Å². The van der Waals surface area contributed by atoms with Crippen LogP contribution in [0.1, 0.15) is 35.4 Å². The number of aryl methyl sites for hydroxylation is 1. The van der Waals surface area contributed by atoms with E-state index in [1.165, 1.54) is 24.3 Å². The molecule has 1 heterocycles. The highest BCUT2D eigenvalue weighted by Gasteiger charge is 2.17. The molecule has 0 aliphatic carbocycles. The fourth-order valence-corrected chi connectivity index (χ4v) is 2.94. The SMILES string of the molecule is CC(=O)NC(CC(=O)NCc1ccc(C)c(F)c1)c1cccs1. The molecule has 0 fully saturated rings. The van der Waals surface area contributed by atoms with Crippen molar-refractivity contribution < 1.29 is 14.0 Å². The van der Waals surface area contributed by atoms with Gasteiger partial charge in [-0.2, -0.15) is 0 Å².